The number of nitrogens with one attached hydrogen (secondary N) is 1. The molecule has 1 aliphatic carbocycles. The first-order valence-corrected chi connectivity index (χ1v) is 7.18. The molecule has 18 heavy (non-hydrogen) atoms. The maximum absolute atomic E-state index is 5.49. The van der Waals surface area contributed by atoms with Crippen LogP contribution in [-0.2, 0) is 4.74 Å². The summed E-state index contributed by atoms with van der Waals surface area (Å²) < 4.78 is 7.67. The van der Waals surface area contributed by atoms with E-state index in [1.54, 1.807) is 0 Å². The third-order valence-corrected chi connectivity index (χ3v) is 3.65. The predicted octanol–water partition coefficient (Wildman–Crippen LogP) is 3.23. The van der Waals surface area contributed by atoms with Crippen LogP contribution in [0, 0.1) is 0 Å². The van der Waals surface area contributed by atoms with E-state index in [0.29, 0.717) is 12.1 Å². The van der Waals surface area contributed by atoms with Crippen molar-refractivity contribution < 1.29 is 4.74 Å². The lowest BCUT2D eigenvalue weighted by atomic mass is 9.96. The van der Waals surface area contributed by atoms with Gasteiger partial charge >= 0.3 is 0 Å². The van der Waals surface area contributed by atoms with Crippen molar-refractivity contribution in [3.05, 3.63) is 12.4 Å². The topological polar surface area (TPSA) is 39.1 Å². The first kappa shape index (κ1) is 13.4. The van der Waals surface area contributed by atoms with Gasteiger partial charge < -0.3 is 14.6 Å². The second kappa shape index (κ2) is 6.78. The molecule has 4 heteroatoms. The summed E-state index contributed by atoms with van der Waals surface area (Å²) in [5, 5.41) is 3.58. The Labute approximate surface area is 110 Å². The number of imidazole rings is 1. The van der Waals surface area contributed by atoms with Crippen LogP contribution in [-0.4, -0.2) is 28.8 Å². The van der Waals surface area contributed by atoms with E-state index < -0.39 is 0 Å². The molecule has 0 spiro atoms. The maximum Gasteiger partial charge on any atom is 0.203 e. The average molecular weight is 251 g/mol. The number of nitrogens with zero attached hydrogens (tertiary/aromatic N) is 2. The Bertz CT molecular complexity index is 345. The van der Waals surface area contributed by atoms with Crippen molar-refractivity contribution in [2.45, 2.75) is 58.0 Å². The second-order valence-corrected chi connectivity index (χ2v) is 5.15. The van der Waals surface area contributed by atoms with E-state index in [1.165, 1.54) is 32.1 Å². The van der Waals surface area contributed by atoms with Crippen molar-refractivity contribution in [1.82, 2.24) is 9.55 Å². The monoisotopic (exact) mass is 251 g/mol. The number of anilines is 1. The highest BCUT2D eigenvalue weighted by molar-refractivity contribution is 5.28. The predicted molar refractivity (Wildman–Crippen MR) is 73.9 cm³/mol. The Morgan fingerprint density at radius 3 is 2.94 bits per heavy atom. The highest BCUT2D eigenvalue weighted by atomic mass is 16.5. The Morgan fingerprint density at radius 1 is 1.44 bits per heavy atom. The third-order valence-electron chi connectivity index (χ3n) is 3.65. The quantitative estimate of drug-likeness (QED) is 0.843. The van der Waals surface area contributed by atoms with E-state index in [-0.39, 0.29) is 0 Å². The number of rotatable bonds is 6. The van der Waals surface area contributed by atoms with Crippen molar-refractivity contribution in [3.8, 4) is 0 Å². The largest absolute Gasteiger partial charge is 0.380 e. The molecule has 2 rings (SSSR count). The van der Waals surface area contributed by atoms with E-state index >= 15 is 0 Å². The number of hydrogen-bond donors (Lipinski definition) is 1. The lowest BCUT2D eigenvalue weighted by molar-refractivity contribution is 0.119. The first-order chi connectivity index (χ1) is 8.81. The highest BCUT2D eigenvalue weighted by Gasteiger charge is 2.16. The van der Waals surface area contributed by atoms with Gasteiger partial charge in [-0.25, -0.2) is 4.98 Å². The molecule has 1 saturated carbocycles. The van der Waals surface area contributed by atoms with Crippen LogP contribution in [0.4, 0.5) is 5.95 Å². The molecule has 0 saturated heterocycles. The molecule has 1 fully saturated rings. The molecule has 1 unspecified atom stereocenters. The fourth-order valence-corrected chi connectivity index (χ4v) is 2.58. The van der Waals surface area contributed by atoms with Gasteiger partial charge in [-0.3, -0.25) is 0 Å². The lowest BCUT2D eigenvalue weighted by Crippen LogP contribution is -2.25. The summed E-state index contributed by atoms with van der Waals surface area (Å²) in [5.74, 6) is 0.995. The minimum absolute atomic E-state index is 0.332. The molecule has 0 amide bonds. The van der Waals surface area contributed by atoms with Crippen LogP contribution in [0.5, 0.6) is 0 Å². The summed E-state index contributed by atoms with van der Waals surface area (Å²) in [5.41, 5.74) is 0. The molecule has 0 bridgehead atoms. The normalized spacial score (nSPS) is 18.8. The second-order valence-electron chi connectivity index (χ2n) is 5.15. The minimum atomic E-state index is 0.332. The average Bonchev–Trinajstić information content (AvgIpc) is 2.85. The molecule has 1 aromatic rings. The zero-order valence-electron chi connectivity index (χ0n) is 11.6. The third kappa shape index (κ3) is 3.48. The van der Waals surface area contributed by atoms with Gasteiger partial charge in [-0.1, -0.05) is 19.3 Å². The van der Waals surface area contributed by atoms with Gasteiger partial charge in [0.1, 0.15) is 0 Å². The highest BCUT2D eigenvalue weighted by Crippen LogP contribution is 2.22. The molecule has 0 aliphatic heterocycles. The van der Waals surface area contributed by atoms with E-state index in [1.807, 2.05) is 19.3 Å². The summed E-state index contributed by atoms with van der Waals surface area (Å²) in [6, 6.07) is 0.928. The van der Waals surface area contributed by atoms with Crippen LogP contribution in [0.3, 0.4) is 0 Å². The van der Waals surface area contributed by atoms with Crippen molar-refractivity contribution in [1.29, 1.82) is 0 Å². The summed E-state index contributed by atoms with van der Waals surface area (Å²) >= 11 is 0. The van der Waals surface area contributed by atoms with Gasteiger partial charge in [-0.15, -0.1) is 0 Å². The Hall–Kier alpha value is -1.03. The molecule has 1 aromatic heterocycles. The van der Waals surface area contributed by atoms with Crippen molar-refractivity contribution in [2.24, 2.45) is 0 Å². The zero-order chi connectivity index (χ0) is 12.8. The van der Waals surface area contributed by atoms with Gasteiger partial charge in [-0.2, -0.15) is 0 Å². The molecule has 1 aliphatic rings. The van der Waals surface area contributed by atoms with Crippen LogP contribution < -0.4 is 5.32 Å². The summed E-state index contributed by atoms with van der Waals surface area (Å²) in [6.45, 7) is 5.71. The van der Waals surface area contributed by atoms with E-state index in [4.69, 9.17) is 4.74 Å². The molecule has 1 atom stereocenters. The SMILES string of the molecule is CCOCC(C)n1ccnc1NC1CCCCC1. The summed E-state index contributed by atoms with van der Waals surface area (Å²) in [7, 11) is 0. The fourth-order valence-electron chi connectivity index (χ4n) is 2.58. The standard InChI is InChI=1S/C14H25N3O/c1-3-18-11-12(2)17-10-9-15-14(17)16-13-7-5-4-6-8-13/h9-10,12-13H,3-8,11H2,1-2H3,(H,15,16). The lowest BCUT2D eigenvalue weighted by Gasteiger charge is -2.25. The summed E-state index contributed by atoms with van der Waals surface area (Å²) in [4.78, 5) is 4.44. The number of aromatic nitrogens is 2. The smallest absolute Gasteiger partial charge is 0.203 e. The van der Waals surface area contributed by atoms with Gasteiger partial charge in [0.2, 0.25) is 5.95 Å². The summed E-state index contributed by atoms with van der Waals surface area (Å²) in [6.07, 6.45) is 10.5. The zero-order valence-corrected chi connectivity index (χ0v) is 11.6. The Morgan fingerprint density at radius 2 is 2.22 bits per heavy atom. The van der Waals surface area contributed by atoms with Crippen LogP contribution >= 0.6 is 0 Å². The van der Waals surface area contributed by atoms with E-state index in [0.717, 1.165) is 19.2 Å². The van der Waals surface area contributed by atoms with E-state index in [9.17, 15) is 0 Å². The van der Waals surface area contributed by atoms with Crippen molar-refractivity contribution in [2.75, 3.05) is 18.5 Å². The van der Waals surface area contributed by atoms with Crippen molar-refractivity contribution >= 4 is 5.95 Å². The molecule has 1 N–H and O–H groups in total. The van der Waals surface area contributed by atoms with E-state index in [2.05, 4.69) is 21.8 Å². The molecule has 4 nitrogen and oxygen atoms in total. The molecule has 0 radical (unpaired) electrons. The molecule has 0 aromatic carbocycles. The maximum atomic E-state index is 5.49. The van der Waals surface area contributed by atoms with Gasteiger partial charge in [0, 0.05) is 25.0 Å². The van der Waals surface area contributed by atoms with Crippen LogP contribution in [0.25, 0.3) is 0 Å². The van der Waals surface area contributed by atoms with Gasteiger partial charge in [-0.05, 0) is 26.7 Å². The molecular formula is C14H25N3O. The fraction of sp³-hybridized carbons (Fsp3) is 0.786. The number of ether oxygens (including phenoxy) is 1. The molecular weight excluding hydrogens is 226 g/mol. The molecule has 102 valence electrons. The van der Waals surface area contributed by atoms with Gasteiger partial charge in [0.25, 0.3) is 0 Å². The van der Waals surface area contributed by atoms with Crippen LogP contribution in [0.2, 0.25) is 0 Å². The molecule has 1 heterocycles. The van der Waals surface area contributed by atoms with Gasteiger partial charge in [0.05, 0.1) is 12.6 Å². The van der Waals surface area contributed by atoms with Crippen molar-refractivity contribution in [3.63, 3.8) is 0 Å². The first-order valence-electron chi connectivity index (χ1n) is 7.18. The Balaban J connectivity index is 1.93. The number of hydrogen-bond acceptors (Lipinski definition) is 3. The van der Waals surface area contributed by atoms with Crippen LogP contribution in [0.15, 0.2) is 12.4 Å². The Kier molecular flexibility index (Phi) is 5.05. The van der Waals surface area contributed by atoms with Gasteiger partial charge in [0.15, 0.2) is 0 Å². The van der Waals surface area contributed by atoms with Crippen LogP contribution in [0.1, 0.15) is 52.0 Å². The minimum Gasteiger partial charge on any atom is -0.380 e.